The smallest absolute Gasteiger partial charge is 0.246 e. The Bertz CT molecular complexity index is 737. The first kappa shape index (κ1) is 17.3. The molecule has 1 saturated heterocycles. The lowest BCUT2D eigenvalue weighted by atomic mass is 10.1. The molecule has 0 bridgehead atoms. The fourth-order valence-electron chi connectivity index (χ4n) is 3.19. The van der Waals surface area contributed by atoms with Gasteiger partial charge in [0.1, 0.15) is 16.8 Å². The van der Waals surface area contributed by atoms with Gasteiger partial charge < -0.3 is 9.42 Å². The molecule has 1 aromatic heterocycles. The second-order valence-corrected chi connectivity index (χ2v) is 8.71. The minimum absolute atomic E-state index is 0.00401. The van der Waals surface area contributed by atoms with Crippen LogP contribution in [0.15, 0.2) is 9.42 Å². The van der Waals surface area contributed by atoms with Gasteiger partial charge in [0.15, 0.2) is 5.76 Å². The van der Waals surface area contributed by atoms with Gasteiger partial charge in [-0.05, 0) is 26.7 Å². The van der Waals surface area contributed by atoms with Crippen LogP contribution in [0.2, 0.25) is 0 Å². The van der Waals surface area contributed by atoms with Crippen LogP contribution in [0.5, 0.6) is 0 Å². The molecule has 1 N–H and O–H groups in total. The van der Waals surface area contributed by atoms with Gasteiger partial charge in [0.05, 0.1) is 6.54 Å². The van der Waals surface area contributed by atoms with E-state index in [1.54, 1.807) is 6.92 Å². The first-order valence-corrected chi connectivity index (χ1v) is 9.50. The van der Waals surface area contributed by atoms with Gasteiger partial charge in [-0.1, -0.05) is 12.1 Å². The third kappa shape index (κ3) is 3.06. The van der Waals surface area contributed by atoms with Crippen molar-refractivity contribution in [1.29, 1.82) is 0 Å². The van der Waals surface area contributed by atoms with Crippen molar-refractivity contribution in [3.8, 4) is 0 Å². The van der Waals surface area contributed by atoms with Crippen LogP contribution >= 0.6 is 0 Å². The summed E-state index contributed by atoms with van der Waals surface area (Å²) in [6.45, 7) is 4.94. The number of aryl methyl sites for hydroxylation is 2. The number of sulfonamides is 1. The van der Waals surface area contributed by atoms with Crippen LogP contribution in [0.3, 0.4) is 0 Å². The fourth-order valence-corrected chi connectivity index (χ4v) is 4.58. The lowest BCUT2D eigenvalue weighted by Gasteiger charge is -2.27. The molecule has 0 radical (unpaired) electrons. The van der Waals surface area contributed by atoms with Crippen LogP contribution in [0.4, 0.5) is 4.39 Å². The van der Waals surface area contributed by atoms with Crippen molar-refractivity contribution in [2.24, 2.45) is 5.41 Å². The number of nitrogens with one attached hydrogen (secondary N) is 1. The van der Waals surface area contributed by atoms with Crippen LogP contribution in [-0.2, 0) is 14.8 Å². The summed E-state index contributed by atoms with van der Waals surface area (Å²) in [6, 6.07) is -0.472. The van der Waals surface area contributed by atoms with Gasteiger partial charge in [-0.2, -0.15) is 0 Å². The van der Waals surface area contributed by atoms with Gasteiger partial charge in [-0.3, -0.25) is 4.79 Å². The van der Waals surface area contributed by atoms with Gasteiger partial charge in [-0.25, -0.2) is 17.5 Å². The van der Waals surface area contributed by atoms with Gasteiger partial charge in [0.2, 0.25) is 15.9 Å². The zero-order valence-electron chi connectivity index (χ0n) is 14.0. The highest BCUT2D eigenvalue weighted by Crippen LogP contribution is 2.47. The Kier molecular flexibility index (Phi) is 4.19. The quantitative estimate of drug-likeness (QED) is 0.856. The highest BCUT2D eigenvalue weighted by molar-refractivity contribution is 7.89. The van der Waals surface area contributed by atoms with Gasteiger partial charge in [-0.15, -0.1) is 0 Å². The Balaban J connectivity index is 1.72. The first-order valence-electron chi connectivity index (χ1n) is 8.02. The molecular weight excluding hydrogens is 337 g/mol. The molecule has 2 fully saturated rings. The maximum atomic E-state index is 13.8. The predicted molar refractivity (Wildman–Crippen MR) is 83.5 cm³/mol. The molecule has 24 heavy (non-hydrogen) atoms. The van der Waals surface area contributed by atoms with E-state index in [2.05, 4.69) is 9.88 Å². The van der Waals surface area contributed by atoms with Gasteiger partial charge >= 0.3 is 0 Å². The third-order valence-corrected chi connectivity index (χ3v) is 6.55. The Labute approximate surface area is 140 Å². The Morgan fingerprint density at radius 2 is 2.12 bits per heavy atom. The number of carbonyl (C=O) groups excluding carboxylic acids is 1. The van der Waals surface area contributed by atoms with Crippen molar-refractivity contribution in [3.63, 3.8) is 0 Å². The van der Waals surface area contributed by atoms with Crippen LogP contribution in [0, 0.1) is 19.3 Å². The zero-order valence-corrected chi connectivity index (χ0v) is 14.8. The van der Waals surface area contributed by atoms with E-state index in [1.807, 2.05) is 6.92 Å². The maximum absolute atomic E-state index is 13.8. The average molecular weight is 359 g/mol. The lowest BCUT2D eigenvalue weighted by molar-refractivity contribution is -0.137. The van der Waals surface area contributed by atoms with E-state index >= 15 is 0 Å². The Hall–Kier alpha value is -1.48. The molecule has 0 aromatic carbocycles. The molecule has 134 valence electrons. The van der Waals surface area contributed by atoms with Gasteiger partial charge in [0.25, 0.3) is 0 Å². The summed E-state index contributed by atoms with van der Waals surface area (Å²) in [5, 5.41) is 3.64. The molecule has 2 atom stereocenters. The molecule has 2 heterocycles. The second kappa shape index (κ2) is 5.80. The van der Waals surface area contributed by atoms with Crippen LogP contribution < -0.4 is 4.72 Å². The number of rotatable bonds is 5. The number of nitrogens with zero attached hydrogens (tertiary/aromatic N) is 2. The first-order chi connectivity index (χ1) is 11.1. The van der Waals surface area contributed by atoms with Crippen molar-refractivity contribution >= 4 is 15.9 Å². The van der Waals surface area contributed by atoms with Crippen LogP contribution in [-0.4, -0.2) is 49.7 Å². The van der Waals surface area contributed by atoms with Gasteiger partial charge in [0, 0.05) is 24.4 Å². The van der Waals surface area contributed by atoms with E-state index in [0.29, 0.717) is 0 Å². The van der Waals surface area contributed by atoms with E-state index in [1.165, 1.54) is 11.8 Å². The summed E-state index contributed by atoms with van der Waals surface area (Å²) >= 11 is 0. The topological polar surface area (TPSA) is 92.5 Å². The number of alkyl halides is 1. The number of carbonyl (C=O) groups is 1. The summed E-state index contributed by atoms with van der Waals surface area (Å²) in [4.78, 5) is 14.0. The molecule has 1 aromatic rings. The molecule has 1 saturated carbocycles. The van der Waals surface area contributed by atoms with Crippen molar-refractivity contribution in [2.75, 3.05) is 13.1 Å². The standard InChI is InChI=1S/C15H22FN3O4S/c1-9-13(10(2)23-18-9)24(21,22)17-7-12-6-11(16)8-19(12)14(20)15(3)4-5-15/h11-12,17H,4-8H2,1-3H3. The van der Waals surface area contributed by atoms with E-state index in [-0.39, 0.29) is 41.8 Å². The normalized spacial score (nSPS) is 25.9. The predicted octanol–water partition coefficient (Wildman–Crippen LogP) is 1.31. The SMILES string of the molecule is Cc1noc(C)c1S(=O)(=O)NCC1CC(F)CN1C(=O)C1(C)CC1. The highest BCUT2D eigenvalue weighted by Gasteiger charge is 2.50. The average Bonchev–Trinajstić information content (AvgIpc) is 2.99. The van der Waals surface area contributed by atoms with Crippen molar-refractivity contribution < 1.29 is 22.1 Å². The summed E-state index contributed by atoms with van der Waals surface area (Å²) < 4.78 is 46.1. The minimum atomic E-state index is -3.82. The highest BCUT2D eigenvalue weighted by atomic mass is 32.2. The summed E-state index contributed by atoms with van der Waals surface area (Å²) in [7, 11) is -3.82. The maximum Gasteiger partial charge on any atom is 0.246 e. The largest absolute Gasteiger partial charge is 0.360 e. The molecule has 9 heteroatoms. The number of likely N-dealkylation sites (tertiary alicyclic amines) is 1. The molecule has 1 amide bonds. The third-order valence-electron chi connectivity index (χ3n) is 4.89. The molecular formula is C15H22FN3O4S. The molecule has 2 aliphatic rings. The Morgan fingerprint density at radius 1 is 1.46 bits per heavy atom. The number of halogens is 1. The van der Waals surface area contributed by atoms with Crippen molar-refractivity contribution in [2.45, 2.75) is 57.1 Å². The van der Waals surface area contributed by atoms with E-state index in [9.17, 15) is 17.6 Å². The molecule has 2 unspecified atom stereocenters. The van der Waals surface area contributed by atoms with Crippen LogP contribution in [0.1, 0.15) is 37.6 Å². The van der Waals surface area contributed by atoms with Crippen LogP contribution in [0.25, 0.3) is 0 Å². The molecule has 1 aliphatic heterocycles. The van der Waals surface area contributed by atoms with E-state index in [0.717, 1.165) is 12.8 Å². The monoisotopic (exact) mass is 359 g/mol. The summed E-state index contributed by atoms with van der Waals surface area (Å²) in [5.74, 6) is 0.123. The van der Waals surface area contributed by atoms with E-state index < -0.39 is 27.7 Å². The second-order valence-electron chi connectivity index (χ2n) is 7.01. The Morgan fingerprint density at radius 3 is 2.67 bits per heavy atom. The van der Waals surface area contributed by atoms with Crippen molar-refractivity contribution in [1.82, 2.24) is 14.8 Å². The minimum Gasteiger partial charge on any atom is -0.360 e. The fraction of sp³-hybridized carbons (Fsp3) is 0.733. The molecule has 1 aliphatic carbocycles. The zero-order chi connectivity index (χ0) is 17.7. The molecule has 3 rings (SSSR count). The number of hydrogen-bond donors (Lipinski definition) is 1. The van der Waals surface area contributed by atoms with E-state index in [4.69, 9.17) is 4.52 Å². The number of amides is 1. The summed E-state index contributed by atoms with van der Waals surface area (Å²) in [5.41, 5.74) is -0.128. The lowest BCUT2D eigenvalue weighted by Crippen LogP contribution is -2.45. The van der Waals surface area contributed by atoms with Crippen molar-refractivity contribution in [3.05, 3.63) is 11.5 Å². The molecule has 0 spiro atoms. The number of aromatic nitrogens is 1. The summed E-state index contributed by atoms with van der Waals surface area (Å²) in [6.07, 6.45) is 0.629. The molecule has 7 nitrogen and oxygen atoms in total. The number of hydrogen-bond acceptors (Lipinski definition) is 5.